The fourth-order valence-electron chi connectivity index (χ4n) is 2.67. The average Bonchev–Trinajstić information content (AvgIpc) is 2.70. The van der Waals surface area contributed by atoms with Crippen molar-refractivity contribution in [2.45, 2.75) is 39.0 Å². The van der Waals surface area contributed by atoms with Gasteiger partial charge in [0.05, 0.1) is 25.4 Å². The zero-order valence-corrected chi connectivity index (χ0v) is 15.7. The first-order valence-electron chi connectivity index (χ1n) is 9.26. The van der Waals surface area contributed by atoms with Crippen LogP contribution < -0.4 is 9.47 Å². The maximum absolute atomic E-state index is 9.45. The van der Waals surface area contributed by atoms with Crippen molar-refractivity contribution < 1.29 is 9.47 Å². The zero-order chi connectivity index (χ0) is 18.6. The van der Waals surface area contributed by atoms with Crippen molar-refractivity contribution in [2.75, 3.05) is 13.7 Å². The topological polar surface area (TPSA) is 42.2 Å². The summed E-state index contributed by atoms with van der Waals surface area (Å²) in [6.07, 6.45) is 8.05. The predicted octanol–water partition coefficient (Wildman–Crippen LogP) is 6.11. The third kappa shape index (κ3) is 6.29. The van der Waals surface area contributed by atoms with E-state index in [2.05, 4.69) is 13.0 Å². The highest BCUT2D eigenvalue weighted by Crippen LogP contribution is 2.22. The molecular weight excluding hydrogens is 322 g/mol. The molecule has 0 spiro atoms. The van der Waals surface area contributed by atoms with Crippen LogP contribution in [0.2, 0.25) is 0 Å². The van der Waals surface area contributed by atoms with Gasteiger partial charge < -0.3 is 9.47 Å². The highest BCUT2D eigenvalue weighted by Gasteiger charge is 2.02. The summed E-state index contributed by atoms with van der Waals surface area (Å²) < 4.78 is 10.9. The Kier molecular flexibility index (Phi) is 8.29. The van der Waals surface area contributed by atoms with Crippen LogP contribution >= 0.6 is 0 Å². The summed E-state index contributed by atoms with van der Waals surface area (Å²) in [6.45, 7) is 2.98. The van der Waals surface area contributed by atoms with Gasteiger partial charge in [0.25, 0.3) is 0 Å². The lowest BCUT2D eigenvalue weighted by atomic mass is 10.0. The molecule has 0 bridgehead atoms. The third-order valence-electron chi connectivity index (χ3n) is 4.23. The standard InChI is InChI=1S/C23H27NO2/c1-3-4-5-6-7-16-26-23-12-8-19(9-13-23)17-21(18-24)20-10-14-22(25-2)15-11-20/h8-15,17H,3-7,16H2,1-2H3/b21-17+. The fraction of sp³-hybridized carbons (Fsp3) is 0.348. The Morgan fingerprint density at radius 2 is 1.58 bits per heavy atom. The number of allylic oxidation sites excluding steroid dienone is 1. The normalized spacial score (nSPS) is 11.0. The fourth-order valence-corrected chi connectivity index (χ4v) is 2.67. The van der Waals surface area contributed by atoms with Crippen LogP contribution in [0.4, 0.5) is 0 Å². The van der Waals surface area contributed by atoms with Crippen LogP contribution in [0.15, 0.2) is 48.5 Å². The Balaban J connectivity index is 1.93. The minimum absolute atomic E-state index is 0.622. The van der Waals surface area contributed by atoms with Gasteiger partial charge in [0.15, 0.2) is 0 Å². The van der Waals surface area contributed by atoms with Crippen molar-refractivity contribution in [1.82, 2.24) is 0 Å². The molecule has 0 fully saturated rings. The van der Waals surface area contributed by atoms with E-state index in [4.69, 9.17) is 9.47 Å². The summed E-state index contributed by atoms with van der Waals surface area (Å²) in [5.41, 5.74) is 2.48. The summed E-state index contributed by atoms with van der Waals surface area (Å²) in [4.78, 5) is 0. The Morgan fingerprint density at radius 1 is 0.923 bits per heavy atom. The summed E-state index contributed by atoms with van der Waals surface area (Å²) in [5.74, 6) is 1.66. The first-order valence-corrected chi connectivity index (χ1v) is 9.26. The molecule has 3 nitrogen and oxygen atoms in total. The maximum atomic E-state index is 9.45. The number of rotatable bonds is 10. The number of nitrogens with zero attached hydrogens (tertiary/aromatic N) is 1. The summed E-state index contributed by atoms with van der Waals surface area (Å²) in [5, 5.41) is 9.45. The van der Waals surface area contributed by atoms with Crippen molar-refractivity contribution in [1.29, 1.82) is 5.26 Å². The van der Waals surface area contributed by atoms with E-state index in [9.17, 15) is 5.26 Å². The minimum Gasteiger partial charge on any atom is -0.497 e. The van der Waals surface area contributed by atoms with E-state index >= 15 is 0 Å². The first-order chi connectivity index (χ1) is 12.8. The number of nitriles is 1. The quantitative estimate of drug-likeness (QED) is 0.295. The Bertz CT molecular complexity index is 724. The Hall–Kier alpha value is -2.73. The van der Waals surface area contributed by atoms with Gasteiger partial charge in [0.1, 0.15) is 11.5 Å². The Labute approximate surface area is 156 Å². The average molecular weight is 349 g/mol. The summed E-state index contributed by atoms with van der Waals surface area (Å²) >= 11 is 0. The van der Waals surface area contributed by atoms with Gasteiger partial charge in [-0.25, -0.2) is 0 Å². The van der Waals surface area contributed by atoms with Crippen molar-refractivity contribution in [2.24, 2.45) is 0 Å². The molecule has 0 saturated heterocycles. The number of unbranched alkanes of at least 4 members (excludes halogenated alkanes) is 4. The van der Waals surface area contributed by atoms with Crippen LogP contribution in [-0.2, 0) is 0 Å². The lowest BCUT2D eigenvalue weighted by molar-refractivity contribution is 0.304. The lowest BCUT2D eigenvalue weighted by Gasteiger charge is -2.07. The molecule has 0 aliphatic heterocycles. The van der Waals surface area contributed by atoms with Gasteiger partial charge in [-0.2, -0.15) is 5.26 Å². The SMILES string of the molecule is CCCCCCCOc1ccc(/C=C(\C#N)c2ccc(OC)cc2)cc1. The van der Waals surface area contributed by atoms with Crippen LogP contribution in [0, 0.1) is 11.3 Å². The van der Waals surface area contributed by atoms with Crippen molar-refractivity contribution in [3.05, 3.63) is 59.7 Å². The molecule has 0 saturated carbocycles. The van der Waals surface area contributed by atoms with E-state index in [1.54, 1.807) is 7.11 Å². The molecule has 0 aliphatic carbocycles. The van der Waals surface area contributed by atoms with Gasteiger partial charge >= 0.3 is 0 Å². The van der Waals surface area contributed by atoms with Crippen molar-refractivity contribution in [3.63, 3.8) is 0 Å². The van der Waals surface area contributed by atoms with Gasteiger partial charge in [0, 0.05) is 0 Å². The lowest BCUT2D eigenvalue weighted by Crippen LogP contribution is -1.97. The molecule has 2 aromatic rings. The van der Waals surface area contributed by atoms with E-state index in [-0.39, 0.29) is 0 Å². The molecule has 2 aromatic carbocycles. The first kappa shape index (κ1) is 19.6. The molecule has 2 rings (SSSR count). The van der Waals surface area contributed by atoms with Crippen LogP contribution in [0.5, 0.6) is 11.5 Å². The third-order valence-corrected chi connectivity index (χ3v) is 4.23. The predicted molar refractivity (Wildman–Crippen MR) is 107 cm³/mol. The van der Waals surface area contributed by atoms with Gasteiger partial charge in [0.2, 0.25) is 0 Å². The molecule has 0 N–H and O–H groups in total. The van der Waals surface area contributed by atoms with Crippen molar-refractivity contribution >= 4 is 11.6 Å². The zero-order valence-electron chi connectivity index (χ0n) is 15.7. The van der Waals surface area contributed by atoms with Crippen LogP contribution in [0.3, 0.4) is 0 Å². The van der Waals surface area contributed by atoms with Crippen LogP contribution in [-0.4, -0.2) is 13.7 Å². The largest absolute Gasteiger partial charge is 0.497 e. The number of ether oxygens (including phenoxy) is 2. The highest BCUT2D eigenvalue weighted by molar-refractivity contribution is 5.89. The number of hydrogen-bond donors (Lipinski definition) is 0. The second kappa shape index (κ2) is 11.0. The monoisotopic (exact) mass is 349 g/mol. The second-order valence-corrected chi connectivity index (χ2v) is 6.23. The molecule has 3 heteroatoms. The number of methoxy groups -OCH3 is 1. The van der Waals surface area contributed by atoms with E-state index in [0.717, 1.165) is 35.7 Å². The highest BCUT2D eigenvalue weighted by atomic mass is 16.5. The Morgan fingerprint density at radius 3 is 2.19 bits per heavy atom. The van der Waals surface area contributed by atoms with E-state index < -0.39 is 0 Å². The van der Waals surface area contributed by atoms with Crippen molar-refractivity contribution in [3.8, 4) is 17.6 Å². The van der Waals surface area contributed by atoms with E-state index in [1.165, 1.54) is 25.7 Å². The van der Waals surface area contributed by atoms with Gasteiger partial charge in [-0.1, -0.05) is 44.7 Å². The minimum atomic E-state index is 0.622. The number of benzene rings is 2. The van der Waals surface area contributed by atoms with Gasteiger partial charge in [-0.05, 0) is 60.0 Å². The molecular formula is C23H27NO2. The smallest absolute Gasteiger partial charge is 0.119 e. The molecule has 0 unspecified atom stereocenters. The number of hydrogen-bond acceptors (Lipinski definition) is 3. The second-order valence-electron chi connectivity index (χ2n) is 6.23. The van der Waals surface area contributed by atoms with Crippen LogP contribution in [0.25, 0.3) is 11.6 Å². The van der Waals surface area contributed by atoms with Gasteiger partial charge in [-0.3, -0.25) is 0 Å². The molecule has 0 amide bonds. The molecule has 0 aromatic heterocycles. The summed E-state index contributed by atoms with van der Waals surface area (Å²) in [7, 11) is 1.63. The van der Waals surface area contributed by atoms with E-state index in [0.29, 0.717) is 5.57 Å². The van der Waals surface area contributed by atoms with Gasteiger partial charge in [-0.15, -0.1) is 0 Å². The molecule has 0 radical (unpaired) electrons. The molecule has 136 valence electrons. The molecule has 0 atom stereocenters. The van der Waals surface area contributed by atoms with E-state index in [1.807, 2.05) is 54.6 Å². The summed E-state index contributed by atoms with van der Waals surface area (Å²) in [6, 6.07) is 17.6. The molecule has 26 heavy (non-hydrogen) atoms. The maximum Gasteiger partial charge on any atom is 0.119 e. The molecule has 0 aliphatic rings. The van der Waals surface area contributed by atoms with Crippen LogP contribution in [0.1, 0.15) is 50.2 Å². The molecule has 0 heterocycles.